The molecule has 0 aliphatic heterocycles. The molecule has 1 aromatic carbocycles. The number of halogens is 1. The molecule has 0 unspecified atom stereocenters. The summed E-state index contributed by atoms with van der Waals surface area (Å²) in [6, 6.07) is 7.13. The molecule has 0 spiro atoms. The van der Waals surface area contributed by atoms with Crippen LogP contribution in [0, 0.1) is 5.82 Å². The van der Waals surface area contributed by atoms with E-state index in [2.05, 4.69) is 5.32 Å². The molecule has 0 aromatic heterocycles. The van der Waals surface area contributed by atoms with E-state index in [1.165, 1.54) is 44.1 Å². The molecule has 17 heavy (non-hydrogen) atoms. The van der Waals surface area contributed by atoms with Crippen LogP contribution in [0.2, 0.25) is 0 Å². The second kappa shape index (κ2) is 5.63. The van der Waals surface area contributed by atoms with Gasteiger partial charge in [-0.15, -0.1) is 0 Å². The van der Waals surface area contributed by atoms with Crippen LogP contribution in [0.4, 0.5) is 4.39 Å². The van der Waals surface area contributed by atoms with Crippen molar-refractivity contribution in [3.63, 3.8) is 0 Å². The fourth-order valence-corrected chi connectivity index (χ4v) is 3.11. The van der Waals surface area contributed by atoms with E-state index in [-0.39, 0.29) is 11.2 Å². The van der Waals surface area contributed by atoms with E-state index in [1.54, 1.807) is 12.1 Å². The van der Waals surface area contributed by atoms with Crippen LogP contribution in [0.5, 0.6) is 0 Å². The number of likely N-dealkylation sites (N-methyl/N-ethyl adjacent to an activating group) is 1. The van der Waals surface area contributed by atoms with Crippen molar-refractivity contribution in [3.05, 3.63) is 35.6 Å². The minimum absolute atomic E-state index is 0.137. The number of hydrogen-bond acceptors (Lipinski definition) is 1. The first-order valence-corrected chi connectivity index (χ1v) is 6.67. The largest absolute Gasteiger partial charge is 0.319 e. The van der Waals surface area contributed by atoms with Gasteiger partial charge in [0.05, 0.1) is 0 Å². The molecule has 1 nitrogen and oxygen atoms in total. The lowest BCUT2D eigenvalue weighted by Crippen LogP contribution is -2.36. The van der Waals surface area contributed by atoms with E-state index in [4.69, 9.17) is 0 Å². The summed E-state index contributed by atoms with van der Waals surface area (Å²) in [6.07, 6.45) is 7.70. The molecule has 0 bridgehead atoms. The van der Waals surface area contributed by atoms with Gasteiger partial charge in [-0.2, -0.15) is 0 Å². The first kappa shape index (κ1) is 12.6. The minimum Gasteiger partial charge on any atom is -0.319 e. The zero-order chi connectivity index (χ0) is 12.1. The third kappa shape index (κ3) is 2.86. The topological polar surface area (TPSA) is 12.0 Å². The Labute approximate surface area is 103 Å². The average molecular weight is 235 g/mol. The molecular formula is C15H22FN. The van der Waals surface area contributed by atoms with Crippen LogP contribution in [0.15, 0.2) is 24.3 Å². The monoisotopic (exact) mass is 235 g/mol. The van der Waals surface area contributed by atoms with Crippen LogP contribution in [0.1, 0.15) is 44.1 Å². The Morgan fingerprint density at radius 3 is 2.18 bits per heavy atom. The molecule has 1 aromatic rings. The average Bonchev–Trinajstić information content (AvgIpc) is 2.57. The Balaban J connectivity index is 2.28. The molecule has 1 aliphatic carbocycles. The molecule has 0 heterocycles. The second-order valence-corrected chi connectivity index (χ2v) is 5.23. The van der Waals surface area contributed by atoms with Crippen LogP contribution >= 0.6 is 0 Å². The van der Waals surface area contributed by atoms with Crippen molar-refractivity contribution in [2.75, 3.05) is 13.6 Å². The van der Waals surface area contributed by atoms with Crippen LogP contribution in [0.25, 0.3) is 0 Å². The Hall–Kier alpha value is -0.890. The summed E-state index contributed by atoms with van der Waals surface area (Å²) in [7, 11) is 2.01. The van der Waals surface area contributed by atoms with Crippen LogP contribution in [0.3, 0.4) is 0 Å². The zero-order valence-electron chi connectivity index (χ0n) is 10.6. The fraction of sp³-hybridized carbons (Fsp3) is 0.600. The Morgan fingerprint density at radius 1 is 1.06 bits per heavy atom. The van der Waals surface area contributed by atoms with Crippen molar-refractivity contribution < 1.29 is 4.39 Å². The molecule has 2 heteroatoms. The molecule has 0 atom stereocenters. The van der Waals surface area contributed by atoms with Crippen molar-refractivity contribution in [3.8, 4) is 0 Å². The van der Waals surface area contributed by atoms with Crippen LogP contribution < -0.4 is 5.32 Å². The predicted molar refractivity (Wildman–Crippen MR) is 69.7 cm³/mol. The zero-order valence-corrected chi connectivity index (χ0v) is 10.6. The van der Waals surface area contributed by atoms with Gasteiger partial charge in [-0.25, -0.2) is 4.39 Å². The highest BCUT2D eigenvalue weighted by Gasteiger charge is 2.31. The Kier molecular flexibility index (Phi) is 4.16. The second-order valence-electron chi connectivity index (χ2n) is 5.23. The van der Waals surface area contributed by atoms with Gasteiger partial charge < -0.3 is 5.32 Å². The van der Waals surface area contributed by atoms with Crippen molar-refractivity contribution in [2.45, 2.75) is 43.9 Å². The predicted octanol–water partition coefficient (Wildman–Crippen LogP) is 3.64. The van der Waals surface area contributed by atoms with E-state index >= 15 is 0 Å². The Morgan fingerprint density at radius 2 is 1.65 bits per heavy atom. The summed E-state index contributed by atoms with van der Waals surface area (Å²) in [4.78, 5) is 0. The number of benzene rings is 1. The number of rotatable bonds is 3. The van der Waals surface area contributed by atoms with E-state index in [0.717, 1.165) is 6.54 Å². The van der Waals surface area contributed by atoms with Gasteiger partial charge in [0.2, 0.25) is 0 Å². The highest BCUT2D eigenvalue weighted by Crippen LogP contribution is 2.37. The summed E-state index contributed by atoms with van der Waals surface area (Å²) < 4.78 is 13.0. The van der Waals surface area contributed by atoms with Gasteiger partial charge in [0.1, 0.15) is 5.82 Å². The quantitative estimate of drug-likeness (QED) is 0.789. The summed E-state index contributed by atoms with van der Waals surface area (Å²) in [5.41, 5.74) is 1.52. The van der Waals surface area contributed by atoms with Crippen LogP contribution in [-0.2, 0) is 5.41 Å². The Bertz CT molecular complexity index is 336. The molecule has 1 N–H and O–H groups in total. The molecule has 0 amide bonds. The van der Waals surface area contributed by atoms with Gasteiger partial charge in [0.25, 0.3) is 0 Å². The summed E-state index contributed by atoms with van der Waals surface area (Å²) in [5, 5.41) is 3.33. The van der Waals surface area contributed by atoms with E-state index in [1.807, 2.05) is 19.2 Å². The van der Waals surface area contributed by atoms with Gasteiger partial charge in [-0.1, -0.05) is 37.8 Å². The first-order chi connectivity index (χ1) is 8.27. The summed E-state index contributed by atoms with van der Waals surface area (Å²) in [6.45, 7) is 0.999. The molecule has 94 valence electrons. The van der Waals surface area contributed by atoms with Gasteiger partial charge in [0.15, 0.2) is 0 Å². The molecular weight excluding hydrogens is 213 g/mol. The smallest absolute Gasteiger partial charge is 0.123 e. The normalized spacial score (nSPS) is 19.9. The first-order valence-electron chi connectivity index (χ1n) is 6.67. The molecule has 1 fully saturated rings. The standard InChI is InChI=1S/C15H22FN/c1-17-12-15(10-4-2-3-5-11-15)13-6-8-14(16)9-7-13/h6-9,17H,2-5,10-12H2,1H3. The lowest BCUT2D eigenvalue weighted by molar-refractivity contribution is 0.357. The SMILES string of the molecule is CNCC1(c2ccc(F)cc2)CCCCCC1. The van der Waals surface area contributed by atoms with E-state index < -0.39 is 0 Å². The van der Waals surface area contributed by atoms with Gasteiger partial charge in [-0.3, -0.25) is 0 Å². The maximum atomic E-state index is 13.0. The van der Waals surface area contributed by atoms with Crippen LogP contribution in [-0.4, -0.2) is 13.6 Å². The van der Waals surface area contributed by atoms with Crippen molar-refractivity contribution in [2.24, 2.45) is 0 Å². The molecule has 0 saturated heterocycles. The fourth-order valence-electron chi connectivity index (χ4n) is 3.11. The maximum Gasteiger partial charge on any atom is 0.123 e. The van der Waals surface area contributed by atoms with Crippen molar-refractivity contribution in [1.82, 2.24) is 5.32 Å². The summed E-state index contributed by atoms with van der Waals surface area (Å²) in [5.74, 6) is -0.137. The van der Waals surface area contributed by atoms with Gasteiger partial charge >= 0.3 is 0 Å². The van der Waals surface area contributed by atoms with E-state index in [9.17, 15) is 4.39 Å². The third-order valence-corrected chi connectivity index (χ3v) is 4.03. The lowest BCUT2D eigenvalue weighted by atomic mass is 9.74. The minimum atomic E-state index is -0.137. The molecule has 2 rings (SSSR count). The van der Waals surface area contributed by atoms with E-state index in [0.29, 0.717) is 0 Å². The molecule has 0 radical (unpaired) electrons. The third-order valence-electron chi connectivity index (χ3n) is 4.03. The molecule has 1 aliphatic rings. The van der Waals surface area contributed by atoms with Crippen molar-refractivity contribution in [1.29, 1.82) is 0 Å². The van der Waals surface area contributed by atoms with Gasteiger partial charge in [-0.05, 0) is 37.6 Å². The number of nitrogens with one attached hydrogen (secondary N) is 1. The number of hydrogen-bond donors (Lipinski definition) is 1. The van der Waals surface area contributed by atoms with Crippen molar-refractivity contribution >= 4 is 0 Å². The van der Waals surface area contributed by atoms with Gasteiger partial charge in [0, 0.05) is 12.0 Å². The maximum absolute atomic E-state index is 13.0. The molecule has 1 saturated carbocycles. The summed E-state index contributed by atoms with van der Waals surface area (Å²) >= 11 is 0. The highest BCUT2D eigenvalue weighted by molar-refractivity contribution is 5.27. The lowest BCUT2D eigenvalue weighted by Gasteiger charge is -2.33. The highest BCUT2D eigenvalue weighted by atomic mass is 19.1.